The summed E-state index contributed by atoms with van der Waals surface area (Å²) in [5.74, 6) is 3.39. The quantitative estimate of drug-likeness (QED) is 0.499. The minimum atomic E-state index is -0.564. The molecule has 3 fully saturated rings. The molecule has 0 aromatic rings. The van der Waals surface area contributed by atoms with Crippen LogP contribution in [0.15, 0.2) is 47.6 Å². The Hall–Kier alpha value is -1.12. The van der Waals surface area contributed by atoms with Crippen LogP contribution in [0.2, 0.25) is 0 Å². The first-order valence-corrected chi connectivity index (χ1v) is 12.2. The van der Waals surface area contributed by atoms with Crippen LogP contribution in [-0.2, 0) is 0 Å². The van der Waals surface area contributed by atoms with Crippen molar-refractivity contribution in [3.05, 3.63) is 47.6 Å². The zero-order valence-corrected chi connectivity index (χ0v) is 19.9. The van der Waals surface area contributed by atoms with Gasteiger partial charge in [0.05, 0.1) is 12.2 Å². The second-order valence-electron chi connectivity index (χ2n) is 11.0. The number of hydrogen-bond acceptors (Lipinski definition) is 2. The summed E-state index contributed by atoms with van der Waals surface area (Å²) in [6, 6.07) is 0. The third kappa shape index (κ3) is 4.86. The number of aliphatic hydroxyl groups is 2. The number of allylic oxidation sites excluding steroid dienone is 5. The van der Waals surface area contributed by atoms with Crippen LogP contribution >= 0.6 is 0 Å². The Labute approximate surface area is 184 Å². The van der Waals surface area contributed by atoms with Crippen molar-refractivity contribution >= 4 is 0 Å². The third-order valence-corrected chi connectivity index (χ3v) is 8.73. The molecule has 7 atom stereocenters. The van der Waals surface area contributed by atoms with E-state index >= 15 is 0 Å². The summed E-state index contributed by atoms with van der Waals surface area (Å²) in [6.07, 6.45) is 15.7. The minimum absolute atomic E-state index is 0.385. The summed E-state index contributed by atoms with van der Waals surface area (Å²) in [5.41, 5.74) is 3.81. The van der Waals surface area contributed by atoms with E-state index in [2.05, 4.69) is 65.5 Å². The van der Waals surface area contributed by atoms with Gasteiger partial charge < -0.3 is 10.2 Å². The average molecular weight is 413 g/mol. The van der Waals surface area contributed by atoms with Crippen LogP contribution in [0.3, 0.4) is 0 Å². The number of aliphatic hydroxyl groups excluding tert-OH is 2. The van der Waals surface area contributed by atoms with Crippen molar-refractivity contribution in [2.24, 2.45) is 35.0 Å². The van der Waals surface area contributed by atoms with Crippen molar-refractivity contribution in [3.8, 4) is 0 Å². The molecule has 3 aliphatic carbocycles. The van der Waals surface area contributed by atoms with Crippen molar-refractivity contribution in [2.75, 3.05) is 0 Å². The molecule has 3 rings (SSSR count). The summed E-state index contributed by atoms with van der Waals surface area (Å²) in [5, 5.41) is 20.3. The Bertz CT molecular complexity index is 712. The largest absolute Gasteiger partial charge is 0.389 e. The van der Waals surface area contributed by atoms with Crippen molar-refractivity contribution < 1.29 is 10.2 Å². The Morgan fingerprint density at radius 3 is 2.40 bits per heavy atom. The lowest BCUT2D eigenvalue weighted by Gasteiger charge is -2.44. The highest BCUT2D eigenvalue weighted by molar-refractivity contribution is 5.31. The Kier molecular flexibility index (Phi) is 7.51. The smallest absolute Gasteiger partial charge is 0.0784 e. The molecule has 0 spiro atoms. The van der Waals surface area contributed by atoms with E-state index in [1.165, 1.54) is 32.1 Å². The van der Waals surface area contributed by atoms with E-state index in [0.29, 0.717) is 41.9 Å². The first-order chi connectivity index (χ1) is 14.1. The first kappa shape index (κ1) is 23.5. The molecular weight excluding hydrogens is 368 g/mol. The van der Waals surface area contributed by atoms with E-state index in [9.17, 15) is 10.2 Å². The maximum absolute atomic E-state index is 10.4. The second kappa shape index (κ2) is 9.57. The molecule has 0 radical (unpaired) electrons. The fourth-order valence-corrected chi connectivity index (χ4v) is 6.26. The Morgan fingerprint density at radius 2 is 1.70 bits per heavy atom. The van der Waals surface area contributed by atoms with E-state index in [0.717, 1.165) is 17.1 Å². The molecule has 0 heterocycles. The van der Waals surface area contributed by atoms with Crippen LogP contribution in [-0.4, -0.2) is 22.4 Å². The van der Waals surface area contributed by atoms with Gasteiger partial charge in [-0.2, -0.15) is 0 Å². The van der Waals surface area contributed by atoms with E-state index in [1.807, 2.05) is 0 Å². The van der Waals surface area contributed by atoms with E-state index < -0.39 is 12.2 Å². The molecule has 30 heavy (non-hydrogen) atoms. The number of rotatable bonds is 5. The average Bonchev–Trinajstić information content (AvgIpc) is 3.05. The minimum Gasteiger partial charge on any atom is -0.389 e. The van der Waals surface area contributed by atoms with Gasteiger partial charge >= 0.3 is 0 Å². The molecule has 2 N–H and O–H groups in total. The molecule has 2 heteroatoms. The molecule has 0 amide bonds. The lowest BCUT2D eigenvalue weighted by atomic mass is 9.61. The SMILES string of the molecule is C=C1C/C(=C\C=C2/CCC[C@]3(C)[C@@H]([C@H](C)/C=C/C(C)C(C)C)CC[C@@H]23)[C@@H](O)C[C@@H]1O. The molecule has 3 aliphatic rings. The molecule has 168 valence electrons. The van der Waals surface area contributed by atoms with Gasteiger partial charge in [-0.25, -0.2) is 0 Å². The molecule has 2 nitrogen and oxygen atoms in total. The zero-order valence-electron chi connectivity index (χ0n) is 19.9. The molecule has 0 aromatic heterocycles. The molecule has 1 unspecified atom stereocenters. The van der Waals surface area contributed by atoms with Crippen molar-refractivity contribution in [2.45, 2.75) is 91.8 Å². The number of hydrogen-bond donors (Lipinski definition) is 2. The normalized spacial score (nSPS) is 39.8. The Morgan fingerprint density at radius 1 is 1.00 bits per heavy atom. The van der Waals surface area contributed by atoms with Gasteiger partial charge in [0, 0.05) is 6.42 Å². The fraction of sp³-hybridized carbons (Fsp3) is 0.714. The maximum Gasteiger partial charge on any atom is 0.0784 e. The fourth-order valence-electron chi connectivity index (χ4n) is 6.26. The lowest BCUT2D eigenvalue weighted by Crippen LogP contribution is -2.35. The van der Waals surface area contributed by atoms with Gasteiger partial charge in [0.25, 0.3) is 0 Å². The van der Waals surface area contributed by atoms with Crippen molar-refractivity contribution in [3.63, 3.8) is 0 Å². The molecule has 0 aliphatic heterocycles. The lowest BCUT2D eigenvalue weighted by molar-refractivity contribution is 0.102. The monoisotopic (exact) mass is 412 g/mol. The van der Waals surface area contributed by atoms with E-state index in [4.69, 9.17) is 0 Å². The zero-order chi connectivity index (χ0) is 22.1. The first-order valence-electron chi connectivity index (χ1n) is 12.2. The van der Waals surface area contributed by atoms with E-state index in [-0.39, 0.29) is 0 Å². The van der Waals surface area contributed by atoms with Gasteiger partial charge in [-0.3, -0.25) is 0 Å². The molecule has 3 saturated carbocycles. The predicted molar refractivity (Wildman–Crippen MR) is 127 cm³/mol. The highest BCUT2D eigenvalue weighted by Crippen LogP contribution is 2.59. The van der Waals surface area contributed by atoms with Crippen LogP contribution < -0.4 is 0 Å². The van der Waals surface area contributed by atoms with Gasteiger partial charge in [0.2, 0.25) is 0 Å². The molecule has 0 aromatic carbocycles. The predicted octanol–water partition coefficient (Wildman–Crippen LogP) is 6.61. The standard InChI is InChI=1S/C28H44O2/c1-18(2)19(3)9-10-20(4)24-13-14-25-22(8-7-15-28(24,25)6)11-12-23-16-21(5)26(29)17-27(23)30/h9-12,18-20,24-27,29-30H,5,7-8,13-17H2,1-4,6H3/b10-9+,22-11+,23-12+/t19?,20-,24-,25+,26+,27+,28-/m1/s1. The maximum atomic E-state index is 10.4. The van der Waals surface area contributed by atoms with Crippen molar-refractivity contribution in [1.29, 1.82) is 0 Å². The summed E-state index contributed by atoms with van der Waals surface area (Å²) >= 11 is 0. The topological polar surface area (TPSA) is 40.5 Å². The molecule has 0 saturated heterocycles. The third-order valence-electron chi connectivity index (χ3n) is 8.73. The molecular formula is C28H44O2. The summed E-state index contributed by atoms with van der Waals surface area (Å²) < 4.78 is 0. The summed E-state index contributed by atoms with van der Waals surface area (Å²) in [4.78, 5) is 0. The van der Waals surface area contributed by atoms with Gasteiger partial charge in [0.15, 0.2) is 0 Å². The molecule has 0 bridgehead atoms. The van der Waals surface area contributed by atoms with Crippen LogP contribution in [0.4, 0.5) is 0 Å². The highest BCUT2D eigenvalue weighted by Gasteiger charge is 2.50. The van der Waals surface area contributed by atoms with Gasteiger partial charge in [-0.15, -0.1) is 0 Å². The van der Waals surface area contributed by atoms with Gasteiger partial charge in [-0.05, 0) is 84.7 Å². The van der Waals surface area contributed by atoms with E-state index in [1.54, 1.807) is 5.57 Å². The van der Waals surface area contributed by atoms with Crippen molar-refractivity contribution in [1.82, 2.24) is 0 Å². The summed E-state index contributed by atoms with van der Waals surface area (Å²) in [7, 11) is 0. The van der Waals surface area contributed by atoms with Crippen LogP contribution in [0.1, 0.15) is 79.6 Å². The van der Waals surface area contributed by atoms with Gasteiger partial charge in [-0.1, -0.05) is 71.1 Å². The second-order valence-corrected chi connectivity index (χ2v) is 11.0. The van der Waals surface area contributed by atoms with Gasteiger partial charge in [0.1, 0.15) is 0 Å². The number of fused-ring (bicyclic) bond motifs is 1. The van der Waals surface area contributed by atoms with Crippen LogP contribution in [0.25, 0.3) is 0 Å². The van der Waals surface area contributed by atoms with Crippen LogP contribution in [0.5, 0.6) is 0 Å². The Balaban J connectivity index is 1.75. The highest BCUT2D eigenvalue weighted by atomic mass is 16.3. The summed E-state index contributed by atoms with van der Waals surface area (Å²) in [6.45, 7) is 15.9. The van der Waals surface area contributed by atoms with Crippen LogP contribution in [0, 0.1) is 35.0 Å².